The minimum absolute atomic E-state index is 0.0670. The van der Waals surface area contributed by atoms with E-state index in [-0.39, 0.29) is 17.9 Å². The van der Waals surface area contributed by atoms with E-state index in [1.807, 2.05) is 18.2 Å². The lowest BCUT2D eigenvalue weighted by atomic mass is 9.97. The summed E-state index contributed by atoms with van der Waals surface area (Å²) < 4.78 is 5.85. The number of hydrogen-bond acceptors (Lipinski definition) is 4. The van der Waals surface area contributed by atoms with Gasteiger partial charge in [-0.25, -0.2) is 0 Å². The molecule has 0 spiro atoms. The summed E-state index contributed by atoms with van der Waals surface area (Å²) in [6.07, 6.45) is 4.40. The molecular formula is C22H26N2O3S. The van der Waals surface area contributed by atoms with E-state index in [1.165, 1.54) is 10.4 Å². The molecule has 148 valence electrons. The predicted molar refractivity (Wildman–Crippen MR) is 111 cm³/mol. The summed E-state index contributed by atoms with van der Waals surface area (Å²) in [7, 11) is 0. The van der Waals surface area contributed by atoms with Crippen molar-refractivity contribution in [3.8, 4) is 5.75 Å². The number of nitrogens with zero attached hydrogens (tertiary/aromatic N) is 1. The van der Waals surface area contributed by atoms with Crippen LogP contribution in [-0.2, 0) is 22.4 Å². The number of anilines is 1. The van der Waals surface area contributed by atoms with E-state index >= 15 is 0 Å². The fourth-order valence-corrected chi connectivity index (χ4v) is 5.07. The third-order valence-electron chi connectivity index (χ3n) is 5.58. The van der Waals surface area contributed by atoms with E-state index in [2.05, 4.69) is 28.6 Å². The van der Waals surface area contributed by atoms with Gasteiger partial charge in [0.2, 0.25) is 11.8 Å². The van der Waals surface area contributed by atoms with Crippen LogP contribution < -0.4 is 10.1 Å². The number of ether oxygens (including phenoxy) is 1. The monoisotopic (exact) mass is 398 g/mol. The number of rotatable bonds is 6. The quantitative estimate of drug-likeness (QED) is 0.737. The number of carbonyl (C=O) groups excluding carboxylic acids is 2. The molecule has 1 aromatic carbocycles. The Morgan fingerprint density at radius 1 is 1.29 bits per heavy atom. The summed E-state index contributed by atoms with van der Waals surface area (Å²) in [6, 6.07) is 8.16. The summed E-state index contributed by atoms with van der Waals surface area (Å²) in [5.74, 6) is 1.09. The molecule has 0 aliphatic carbocycles. The van der Waals surface area contributed by atoms with Crippen molar-refractivity contribution in [3.05, 3.63) is 45.6 Å². The first-order chi connectivity index (χ1) is 13.7. The van der Waals surface area contributed by atoms with E-state index in [4.69, 9.17) is 4.74 Å². The highest BCUT2D eigenvalue weighted by Crippen LogP contribution is 2.35. The number of benzene rings is 1. The Labute approximate surface area is 169 Å². The van der Waals surface area contributed by atoms with Crippen LogP contribution >= 0.6 is 11.3 Å². The van der Waals surface area contributed by atoms with Crippen molar-refractivity contribution >= 4 is 28.8 Å². The van der Waals surface area contributed by atoms with Crippen LogP contribution in [0.2, 0.25) is 0 Å². The molecule has 0 radical (unpaired) electrons. The third-order valence-corrected chi connectivity index (χ3v) is 6.57. The Morgan fingerprint density at radius 2 is 2.18 bits per heavy atom. The highest BCUT2D eigenvalue weighted by atomic mass is 32.1. The highest BCUT2D eigenvalue weighted by Gasteiger charge is 2.29. The maximum atomic E-state index is 12.8. The molecule has 1 aromatic heterocycles. The van der Waals surface area contributed by atoms with Gasteiger partial charge in [-0.1, -0.05) is 6.92 Å². The average molecular weight is 399 g/mol. The van der Waals surface area contributed by atoms with Crippen molar-refractivity contribution in [3.63, 3.8) is 0 Å². The molecule has 6 heteroatoms. The second kappa shape index (κ2) is 8.35. The van der Waals surface area contributed by atoms with Gasteiger partial charge in [0, 0.05) is 30.0 Å². The molecule has 0 saturated carbocycles. The van der Waals surface area contributed by atoms with Gasteiger partial charge in [0.1, 0.15) is 5.75 Å². The largest absolute Gasteiger partial charge is 0.494 e. The summed E-state index contributed by atoms with van der Waals surface area (Å²) in [5.41, 5.74) is 3.32. The fraction of sp³-hybridized carbons (Fsp3) is 0.455. The van der Waals surface area contributed by atoms with Crippen LogP contribution in [0.5, 0.6) is 5.75 Å². The van der Waals surface area contributed by atoms with Crippen molar-refractivity contribution in [1.29, 1.82) is 0 Å². The van der Waals surface area contributed by atoms with E-state index < -0.39 is 0 Å². The molecule has 2 aromatic rings. The number of amides is 2. The molecule has 2 amide bonds. The second-order valence-corrected chi connectivity index (χ2v) is 8.38. The summed E-state index contributed by atoms with van der Waals surface area (Å²) in [4.78, 5) is 27.7. The molecule has 5 nitrogen and oxygen atoms in total. The fourth-order valence-electron chi connectivity index (χ4n) is 4.14. The number of carbonyl (C=O) groups is 2. The molecule has 0 fully saturated rings. The topological polar surface area (TPSA) is 58.6 Å². The second-order valence-electron chi connectivity index (χ2n) is 7.38. The van der Waals surface area contributed by atoms with Gasteiger partial charge in [0.15, 0.2) is 0 Å². The zero-order chi connectivity index (χ0) is 19.5. The molecule has 3 heterocycles. The van der Waals surface area contributed by atoms with Crippen molar-refractivity contribution in [1.82, 2.24) is 4.90 Å². The van der Waals surface area contributed by atoms with Crippen LogP contribution in [0.15, 0.2) is 29.6 Å². The lowest BCUT2D eigenvalue weighted by molar-refractivity contribution is -0.134. The maximum Gasteiger partial charge on any atom is 0.224 e. The van der Waals surface area contributed by atoms with Crippen molar-refractivity contribution in [2.75, 3.05) is 18.5 Å². The Kier molecular flexibility index (Phi) is 5.67. The molecule has 1 atom stereocenters. The number of hydrogen-bond donors (Lipinski definition) is 1. The van der Waals surface area contributed by atoms with E-state index in [0.29, 0.717) is 25.9 Å². The van der Waals surface area contributed by atoms with Gasteiger partial charge in [-0.2, -0.15) is 0 Å². The van der Waals surface area contributed by atoms with Crippen LogP contribution in [-0.4, -0.2) is 29.9 Å². The van der Waals surface area contributed by atoms with Crippen LogP contribution in [0, 0.1) is 0 Å². The van der Waals surface area contributed by atoms with Gasteiger partial charge >= 0.3 is 0 Å². The van der Waals surface area contributed by atoms with E-state index in [1.54, 1.807) is 11.3 Å². The SMILES string of the molecule is CCC1c2ccsc2CCN1C(=O)CCCOc1ccc2c(c1)CCC(=O)N2. The van der Waals surface area contributed by atoms with Crippen molar-refractivity contribution in [2.24, 2.45) is 0 Å². The Balaban J connectivity index is 1.27. The average Bonchev–Trinajstić information content (AvgIpc) is 3.19. The number of thiophene rings is 1. The van der Waals surface area contributed by atoms with Gasteiger partial charge in [0.25, 0.3) is 0 Å². The van der Waals surface area contributed by atoms with Crippen LogP contribution in [0.25, 0.3) is 0 Å². The molecule has 0 bridgehead atoms. The predicted octanol–water partition coefficient (Wildman–Crippen LogP) is 4.33. The first-order valence-corrected chi connectivity index (χ1v) is 10.9. The van der Waals surface area contributed by atoms with Crippen molar-refractivity contribution in [2.45, 2.75) is 51.5 Å². The van der Waals surface area contributed by atoms with Gasteiger partial charge in [0.05, 0.1) is 12.6 Å². The van der Waals surface area contributed by atoms with Gasteiger partial charge in [-0.15, -0.1) is 11.3 Å². The van der Waals surface area contributed by atoms with Crippen molar-refractivity contribution < 1.29 is 14.3 Å². The van der Waals surface area contributed by atoms with E-state index in [9.17, 15) is 9.59 Å². The first kappa shape index (κ1) is 19.0. The molecular weight excluding hydrogens is 372 g/mol. The van der Waals surface area contributed by atoms with Gasteiger partial charge in [-0.3, -0.25) is 9.59 Å². The minimum Gasteiger partial charge on any atom is -0.494 e. The van der Waals surface area contributed by atoms with Gasteiger partial charge in [-0.05, 0) is 66.5 Å². The van der Waals surface area contributed by atoms with Crippen LogP contribution in [0.1, 0.15) is 54.7 Å². The summed E-state index contributed by atoms with van der Waals surface area (Å²) in [5, 5.41) is 5.01. The maximum absolute atomic E-state index is 12.8. The molecule has 0 saturated heterocycles. The Hall–Kier alpha value is -2.34. The Bertz CT molecular complexity index is 876. The smallest absolute Gasteiger partial charge is 0.224 e. The lowest BCUT2D eigenvalue weighted by Crippen LogP contribution is -2.39. The number of fused-ring (bicyclic) bond motifs is 2. The number of aryl methyl sites for hydroxylation is 1. The minimum atomic E-state index is 0.0670. The molecule has 4 rings (SSSR count). The van der Waals surface area contributed by atoms with E-state index in [0.717, 1.165) is 42.8 Å². The first-order valence-electron chi connectivity index (χ1n) is 10.1. The molecule has 2 aliphatic heterocycles. The molecule has 2 aliphatic rings. The number of nitrogens with one attached hydrogen (secondary N) is 1. The summed E-state index contributed by atoms with van der Waals surface area (Å²) >= 11 is 1.81. The third kappa shape index (κ3) is 3.92. The molecule has 1 N–H and O–H groups in total. The normalized spacial score (nSPS) is 18.2. The van der Waals surface area contributed by atoms with Crippen LogP contribution in [0.3, 0.4) is 0 Å². The standard InChI is InChI=1S/C22H26N2O3S/c1-2-19-17-10-13-28-20(17)9-11-24(19)22(26)4-3-12-27-16-6-7-18-15(14-16)5-8-21(25)23-18/h6-7,10,13-14,19H,2-5,8-9,11-12H2,1H3,(H,23,25). The van der Waals surface area contributed by atoms with Crippen LogP contribution in [0.4, 0.5) is 5.69 Å². The molecule has 1 unspecified atom stereocenters. The zero-order valence-electron chi connectivity index (χ0n) is 16.2. The summed E-state index contributed by atoms with van der Waals surface area (Å²) in [6.45, 7) is 3.49. The van der Waals surface area contributed by atoms with Gasteiger partial charge < -0.3 is 15.0 Å². The molecule has 28 heavy (non-hydrogen) atoms. The zero-order valence-corrected chi connectivity index (χ0v) is 17.0. The highest BCUT2D eigenvalue weighted by molar-refractivity contribution is 7.10. The Morgan fingerprint density at radius 3 is 3.04 bits per heavy atom. The lowest BCUT2D eigenvalue weighted by Gasteiger charge is -2.35.